The quantitative estimate of drug-likeness (QED) is 0.699. The van der Waals surface area contributed by atoms with E-state index in [9.17, 15) is 9.90 Å². The zero-order valence-corrected chi connectivity index (χ0v) is 12.9. The first kappa shape index (κ1) is 14.6. The third-order valence-corrected chi connectivity index (χ3v) is 4.16. The van der Waals surface area contributed by atoms with Crippen molar-refractivity contribution in [2.75, 3.05) is 5.32 Å². The predicted octanol–water partition coefficient (Wildman–Crippen LogP) is 4.42. The van der Waals surface area contributed by atoms with Crippen LogP contribution in [0.15, 0.2) is 53.9 Å². The number of hydrogen-bond donors (Lipinski definition) is 2. The largest absolute Gasteiger partial charge is 0.506 e. The average Bonchev–Trinajstić information content (AvgIpc) is 3.02. The summed E-state index contributed by atoms with van der Waals surface area (Å²) in [6.07, 6.45) is 0. The van der Waals surface area contributed by atoms with Crippen LogP contribution in [0.3, 0.4) is 0 Å². The molecule has 0 saturated carbocycles. The van der Waals surface area contributed by atoms with Gasteiger partial charge in [0.1, 0.15) is 16.5 Å². The first-order valence-electron chi connectivity index (χ1n) is 6.44. The Hall–Kier alpha value is -2.37. The van der Waals surface area contributed by atoms with Gasteiger partial charge in [0, 0.05) is 16.6 Å². The summed E-state index contributed by atoms with van der Waals surface area (Å²) in [5.41, 5.74) is 1.81. The Labute approximate surface area is 136 Å². The van der Waals surface area contributed by atoms with Crippen molar-refractivity contribution in [2.45, 2.75) is 0 Å². The molecule has 0 radical (unpaired) electrons. The highest BCUT2D eigenvalue weighted by molar-refractivity contribution is 7.13. The number of thiazole rings is 1. The maximum absolute atomic E-state index is 12.2. The van der Waals surface area contributed by atoms with E-state index in [1.807, 2.05) is 30.3 Å². The van der Waals surface area contributed by atoms with Crippen molar-refractivity contribution in [1.29, 1.82) is 0 Å². The normalized spacial score (nSPS) is 10.4. The number of phenolic OH excluding ortho intramolecular Hbond substituents is 1. The second kappa shape index (κ2) is 6.17. The lowest BCUT2D eigenvalue weighted by molar-refractivity contribution is 0.102. The summed E-state index contributed by atoms with van der Waals surface area (Å²) in [5.74, 6) is -0.347. The van der Waals surface area contributed by atoms with E-state index in [1.165, 1.54) is 23.5 Å². The van der Waals surface area contributed by atoms with E-state index in [4.69, 9.17) is 11.6 Å². The van der Waals surface area contributed by atoms with Crippen LogP contribution in [0.2, 0.25) is 5.02 Å². The highest BCUT2D eigenvalue weighted by Crippen LogP contribution is 2.27. The minimum Gasteiger partial charge on any atom is -0.506 e. The van der Waals surface area contributed by atoms with E-state index in [-0.39, 0.29) is 16.7 Å². The molecule has 2 N–H and O–H groups in total. The minimum absolute atomic E-state index is 0.0281. The Bertz CT molecular complexity index is 818. The van der Waals surface area contributed by atoms with Gasteiger partial charge in [0.2, 0.25) is 0 Å². The molecule has 22 heavy (non-hydrogen) atoms. The lowest BCUT2D eigenvalue weighted by atomic mass is 10.2. The lowest BCUT2D eigenvalue weighted by Gasteiger charge is -2.04. The summed E-state index contributed by atoms with van der Waals surface area (Å²) in [6, 6.07) is 14.2. The fourth-order valence-electron chi connectivity index (χ4n) is 1.87. The number of anilines is 1. The Balaban J connectivity index is 1.78. The zero-order valence-electron chi connectivity index (χ0n) is 11.3. The molecule has 0 aliphatic rings. The number of phenols is 1. The molecule has 4 nitrogen and oxygen atoms in total. The molecule has 0 saturated heterocycles. The predicted molar refractivity (Wildman–Crippen MR) is 88.6 cm³/mol. The van der Waals surface area contributed by atoms with Crippen LogP contribution in [-0.2, 0) is 0 Å². The highest BCUT2D eigenvalue weighted by Gasteiger charge is 2.12. The number of benzene rings is 2. The van der Waals surface area contributed by atoms with Crippen LogP contribution < -0.4 is 5.32 Å². The van der Waals surface area contributed by atoms with Crippen molar-refractivity contribution >= 4 is 34.5 Å². The molecule has 2 aromatic carbocycles. The first-order valence-corrected chi connectivity index (χ1v) is 7.70. The SMILES string of the molecule is O=C(Nc1ccc(O)c(Cl)c1)c1csc(-c2ccccc2)n1. The first-order chi connectivity index (χ1) is 10.6. The Morgan fingerprint density at radius 1 is 1.18 bits per heavy atom. The van der Waals surface area contributed by atoms with Gasteiger partial charge in [-0.05, 0) is 18.2 Å². The molecular weight excluding hydrogens is 320 g/mol. The lowest BCUT2D eigenvalue weighted by Crippen LogP contribution is -2.12. The van der Waals surface area contributed by atoms with E-state index in [1.54, 1.807) is 11.4 Å². The summed E-state index contributed by atoms with van der Waals surface area (Å²) in [4.78, 5) is 16.5. The van der Waals surface area contributed by atoms with Crippen molar-refractivity contribution in [1.82, 2.24) is 4.98 Å². The summed E-state index contributed by atoms with van der Waals surface area (Å²) in [7, 11) is 0. The van der Waals surface area contributed by atoms with Crippen LogP contribution >= 0.6 is 22.9 Å². The van der Waals surface area contributed by atoms with E-state index in [0.717, 1.165) is 10.6 Å². The Morgan fingerprint density at radius 3 is 2.68 bits per heavy atom. The van der Waals surface area contributed by atoms with Gasteiger partial charge in [0.05, 0.1) is 5.02 Å². The average molecular weight is 331 g/mol. The van der Waals surface area contributed by atoms with Crippen molar-refractivity contribution in [3.05, 3.63) is 64.6 Å². The van der Waals surface area contributed by atoms with Gasteiger partial charge in [-0.3, -0.25) is 4.79 Å². The van der Waals surface area contributed by atoms with Gasteiger partial charge < -0.3 is 10.4 Å². The highest BCUT2D eigenvalue weighted by atomic mass is 35.5. The maximum atomic E-state index is 12.2. The number of hydrogen-bond acceptors (Lipinski definition) is 4. The molecule has 0 unspecified atom stereocenters. The Morgan fingerprint density at radius 2 is 1.95 bits per heavy atom. The summed E-state index contributed by atoms with van der Waals surface area (Å²) < 4.78 is 0. The van der Waals surface area contributed by atoms with Crippen molar-refractivity contribution < 1.29 is 9.90 Å². The molecule has 0 bridgehead atoms. The fraction of sp³-hybridized carbons (Fsp3) is 0. The van der Waals surface area contributed by atoms with Crippen LogP contribution in [0.25, 0.3) is 10.6 Å². The van der Waals surface area contributed by atoms with E-state index in [2.05, 4.69) is 10.3 Å². The molecule has 1 aromatic heterocycles. The second-order valence-corrected chi connectivity index (χ2v) is 5.79. The molecular formula is C16H11ClN2O2S. The van der Waals surface area contributed by atoms with Crippen LogP contribution in [0.4, 0.5) is 5.69 Å². The molecule has 0 aliphatic carbocycles. The fourth-order valence-corrected chi connectivity index (χ4v) is 2.86. The van der Waals surface area contributed by atoms with Crippen LogP contribution in [0.5, 0.6) is 5.75 Å². The van der Waals surface area contributed by atoms with E-state index < -0.39 is 0 Å². The summed E-state index contributed by atoms with van der Waals surface area (Å²) in [6.45, 7) is 0. The monoisotopic (exact) mass is 330 g/mol. The molecule has 6 heteroatoms. The van der Waals surface area contributed by atoms with Gasteiger partial charge >= 0.3 is 0 Å². The van der Waals surface area contributed by atoms with Crippen LogP contribution in [-0.4, -0.2) is 16.0 Å². The zero-order chi connectivity index (χ0) is 15.5. The number of nitrogens with one attached hydrogen (secondary N) is 1. The Kier molecular flexibility index (Phi) is 4.09. The number of amides is 1. The molecule has 1 heterocycles. The van der Waals surface area contributed by atoms with Gasteiger partial charge in [0.25, 0.3) is 5.91 Å². The number of aromatic nitrogens is 1. The smallest absolute Gasteiger partial charge is 0.275 e. The van der Waals surface area contributed by atoms with Crippen LogP contribution in [0.1, 0.15) is 10.5 Å². The molecule has 0 atom stereocenters. The van der Waals surface area contributed by atoms with E-state index >= 15 is 0 Å². The number of halogens is 1. The number of aromatic hydroxyl groups is 1. The molecule has 3 aromatic rings. The van der Waals surface area contributed by atoms with Crippen molar-refractivity contribution in [3.8, 4) is 16.3 Å². The third-order valence-electron chi connectivity index (χ3n) is 2.96. The number of nitrogens with zero attached hydrogens (tertiary/aromatic N) is 1. The van der Waals surface area contributed by atoms with Gasteiger partial charge in [-0.2, -0.15) is 0 Å². The molecule has 0 spiro atoms. The van der Waals surface area contributed by atoms with Crippen LogP contribution in [0, 0.1) is 0 Å². The van der Waals surface area contributed by atoms with Gasteiger partial charge in [-0.25, -0.2) is 4.98 Å². The van der Waals surface area contributed by atoms with Crippen molar-refractivity contribution in [3.63, 3.8) is 0 Å². The summed E-state index contributed by atoms with van der Waals surface area (Å²) >= 11 is 7.22. The minimum atomic E-state index is -0.319. The number of carbonyl (C=O) groups is 1. The summed E-state index contributed by atoms with van der Waals surface area (Å²) in [5, 5.41) is 14.7. The van der Waals surface area contributed by atoms with Gasteiger partial charge in [-0.1, -0.05) is 41.9 Å². The number of rotatable bonds is 3. The molecule has 110 valence electrons. The van der Waals surface area contributed by atoms with Crippen molar-refractivity contribution in [2.24, 2.45) is 0 Å². The van der Waals surface area contributed by atoms with Gasteiger partial charge in [0.15, 0.2) is 0 Å². The number of carbonyl (C=O) groups excluding carboxylic acids is 1. The third kappa shape index (κ3) is 3.10. The standard InChI is InChI=1S/C16H11ClN2O2S/c17-12-8-11(6-7-14(12)20)18-15(21)13-9-22-16(19-13)10-4-2-1-3-5-10/h1-9,20H,(H,18,21). The molecule has 3 rings (SSSR count). The van der Waals surface area contributed by atoms with Gasteiger partial charge in [-0.15, -0.1) is 11.3 Å². The van der Waals surface area contributed by atoms with E-state index in [0.29, 0.717) is 11.4 Å². The second-order valence-electron chi connectivity index (χ2n) is 4.52. The molecule has 0 fully saturated rings. The topological polar surface area (TPSA) is 62.2 Å². The molecule has 1 amide bonds. The molecule has 0 aliphatic heterocycles. The maximum Gasteiger partial charge on any atom is 0.275 e.